The standard InChI is InChI=1S/C26H25F7N2O2S2/c27-24(25(28,29)30,26(31,32)33)20-8-6-18-19(34-20)7-9-21-23(18,38-17-4-2-1-3-5-17)12-13-35(21)22(36)16-10-14-39(37)15-11-16/h1-6,8,16,21H,7,9-15H2. The number of aryl methyl sites for hydroxylation is 1. The highest BCUT2D eigenvalue weighted by Gasteiger charge is 2.74. The maximum Gasteiger partial charge on any atom is 0.437 e. The van der Waals surface area contributed by atoms with Crippen LogP contribution in [-0.2, 0) is 32.4 Å². The van der Waals surface area contributed by atoms with Crippen LogP contribution in [0, 0.1) is 5.92 Å². The molecule has 0 bridgehead atoms. The summed E-state index contributed by atoms with van der Waals surface area (Å²) < 4.78 is 106. The van der Waals surface area contributed by atoms with Gasteiger partial charge in [0.2, 0.25) is 5.91 Å². The summed E-state index contributed by atoms with van der Waals surface area (Å²) in [4.78, 5) is 19.8. The number of amides is 1. The van der Waals surface area contributed by atoms with E-state index >= 15 is 0 Å². The lowest BCUT2D eigenvalue weighted by Gasteiger charge is -2.43. The number of rotatable bonds is 4. The molecule has 2 saturated heterocycles. The number of hydrogen-bond donors (Lipinski definition) is 0. The van der Waals surface area contributed by atoms with Gasteiger partial charge >= 0.3 is 18.0 Å². The fourth-order valence-electron chi connectivity index (χ4n) is 5.97. The van der Waals surface area contributed by atoms with E-state index in [1.54, 1.807) is 4.90 Å². The molecule has 39 heavy (non-hydrogen) atoms. The van der Waals surface area contributed by atoms with Gasteiger partial charge in [-0.3, -0.25) is 14.0 Å². The van der Waals surface area contributed by atoms with Gasteiger partial charge in [0.25, 0.3) is 0 Å². The van der Waals surface area contributed by atoms with Gasteiger partial charge in [-0.05, 0) is 55.9 Å². The highest BCUT2D eigenvalue weighted by molar-refractivity contribution is 8.00. The van der Waals surface area contributed by atoms with Crippen LogP contribution in [0.5, 0.6) is 0 Å². The number of halogens is 7. The number of pyridine rings is 1. The van der Waals surface area contributed by atoms with E-state index in [-0.39, 0.29) is 36.4 Å². The molecule has 3 heterocycles. The van der Waals surface area contributed by atoms with Crippen molar-refractivity contribution in [2.75, 3.05) is 18.1 Å². The Labute approximate surface area is 227 Å². The summed E-state index contributed by atoms with van der Waals surface area (Å²) in [6.07, 6.45) is -10.8. The number of aromatic nitrogens is 1. The molecule has 2 aromatic rings. The van der Waals surface area contributed by atoms with Crippen LogP contribution in [0.1, 0.15) is 42.6 Å². The summed E-state index contributed by atoms with van der Waals surface area (Å²) in [6.45, 7) is 0.349. The van der Waals surface area contributed by atoms with Gasteiger partial charge in [0.1, 0.15) is 0 Å². The molecule has 13 heteroatoms. The van der Waals surface area contributed by atoms with E-state index < -0.39 is 39.3 Å². The molecule has 2 atom stereocenters. The van der Waals surface area contributed by atoms with E-state index in [2.05, 4.69) is 4.98 Å². The van der Waals surface area contributed by atoms with Gasteiger partial charge in [0, 0.05) is 45.4 Å². The molecule has 0 saturated carbocycles. The smallest absolute Gasteiger partial charge is 0.338 e. The van der Waals surface area contributed by atoms with Crippen molar-refractivity contribution in [3.05, 3.63) is 59.4 Å². The zero-order valence-electron chi connectivity index (χ0n) is 20.5. The van der Waals surface area contributed by atoms with Crippen LogP contribution < -0.4 is 0 Å². The molecule has 0 radical (unpaired) electrons. The summed E-state index contributed by atoms with van der Waals surface area (Å²) in [5.41, 5.74) is -6.95. The van der Waals surface area contributed by atoms with Crippen LogP contribution in [0.4, 0.5) is 30.7 Å². The second-order valence-electron chi connectivity index (χ2n) is 10.1. The average Bonchev–Trinajstić information content (AvgIpc) is 3.26. The van der Waals surface area contributed by atoms with Crippen molar-refractivity contribution in [1.29, 1.82) is 0 Å². The number of hydrogen-bond acceptors (Lipinski definition) is 4. The highest BCUT2D eigenvalue weighted by atomic mass is 32.2. The topological polar surface area (TPSA) is 50.3 Å². The molecule has 0 N–H and O–H groups in total. The summed E-state index contributed by atoms with van der Waals surface area (Å²) >= 11 is 1.40. The second kappa shape index (κ2) is 10.0. The molecule has 1 amide bonds. The van der Waals surface area contributed by atoms with E-state index in [0.29, 0.717) is 48.9 Å². The summed E-state index contributed by atoms with van der Waals surface area (Å²) in [7, 11) is -0.948. The predicted molar refractivity (Wildman–Crippen MR) is 132 cm³/mol. The number of fused-ring (bicyclic) bond motifs is 3. The highest BCUT2D eigenvalue weighted by Crippen LogP contribution is 2.58. The Morgan fingerprint density at radius 1 is 0.949 bits per heavy atom. The number of thioether (sulfide) groups is 1. The Bertz CT molecular complexity index is 1250. The molecule has 2 unspecified atom stereocenters. The molecular formula is C26H25F7N2O2S2. The van der Waals surface area contributed by atoms with E-state index in [0.717, 1.165) is 11.0 Å². The van der Waals surface area contributed by atoms with Crippen molar-refractivity contribution in [3.8, 4) is 0 Å². The first kappa shape index (κ1) is 28.4. The van der Waals surface area contributed by atoms with Gasteiger partial charge in [-0.1, -0.05) is 24.3 Å². The van der Waals surface area contributed by atoms with Gasteiger partial charge in [0.05, 0.1) is 16.5 Å². The quantitative estimate of drug-likeness (QED) is 0.404. The van der Waals surface area contributed by atoms with Crippen LogP contribution in [-0.4, -0.2) is 56.4 Å². The number of likely N-dealkylation sites (tertiary alicyclic amines) is 1. The van der Waals surface area contributed by atoms with Crippen LogP contribution >= 0.6 is 11.8 Å². The molecule has 1 aromatic heterocycles. The first-order valence-corrected chi connectivity index (χ1v) is 14.8. The van der Waals surface area contributed by atoms with Crippen molar-refractivity contribution in [2.45, 2.75) is 65.8 Å². The van der Waals surface area contributed by atoms with Crippen LogP contribution in [0.3, 0.4) is 0 Å². The molecule has 3 aliphatic rings. The van der Waals surface area contributed by atoms with Gasteiger partial charge in [0.15, 0.2) is 0 Å². The summed E-state index contributed by atoms with van der Waals surface area (Å²) in [6, 6.07) is 10.3. The predicted octanol–water partition coefficient (Wildman–Crippen LogP) is 6.06. The van der Waals surface area contributed by atoms with Crippen molar-refractivity contribution >= 4 is 28.5 Å². The molecule has 5 rings (SSSR count). The number of alkyl halides is 7. The molecule has 4 nitrogen and oxygen atoms in total. The summed E-state index contributed by atoms with van der Waals surface area (Å²) in [5.74, 6) is 0.528. The first-order valence-electron chi connectivity index (χ1n) is 12.5. The molecule has 0 spiro atoms. The van der Waals surface area contributed by atoms with Crippen LogP contribution in [0.25, 0.3) is 0 Å². The minimum absolute atomic E-state index is 0.00476. The summed E-state index contributed by atoms with van der Waals surface area (Å²) in [5, 5.41) is 0. The maximum absolute atomic E-state index is 14.8. The van der Waals surface area contributed by atoms with Crippen molar-refractivity contribution < 1.29 is 39.7 Å². The normalized spacial score (nSPS) is 27.7. The van der Waals surface area contributed by atoms with E-state index in [1.165, 1.54) is 11.8 Å². The Morgan fingerprint density at radius 2 is 1.59 bits per heavy atom. The second-order valence-corrected chi connectivity index (χ2v) is 13.2. The lowest BCUT2D eigenvalue weighted by Crippen LogP contribution is -2.52. The monoisotopic (exact) mass is 594 g/mol. The average molecular weight is 595 g/mol. The third-order valence-electron chi connectivity index (χ3n) is 7.92. The molecule has 1 aromatic carbocycles. The third-order valence-corrected chi connectivity index (χ3v) is 10.9. The largest absolute Gasteiger partial charge is 0.437 e. The SMILES string of the molecule is O=C(C1CCS(=O)CC1)N1CCC2(Sc3ccccc3)c3ccc(C(F)(C(F)(F)F)C(F)(F)F)nc3CCC12. The fraction of sp³-hybridized carbons (Fsp3) is 0.538. The molecule has 212 valence electrons. The maximum atomic E-state index is 14.8. The Morgan fingerprint density at radius 3 is 2.21 bits per heavy atom. The number of carbonyl (C=O) groups is 1. The zero-order chi connectivity index (χ0) is 28.2. The van der Waals surface area contributed by atoms with E-state index in [1.807, 2.05) is 30.3 Å². The molecule has 2 fully saturated rings. The van der Waals surface area contributed by atoms with Gasteiger partial charge in [-0.15, -0.1) is 11.8 Å². The van der Waals surface area contributed by atoms with Gasteiger partial charge < -0.3 is 4.90 Å². The van der Waals surface area contributed by atoms with E-state index in [4.69, 9.17) is 0 Å². The van der Waals surface area contributed by atoms with Crippen molar-refractivity contribution in [2.24, 2.45) is 5.92 Å². The minimum Gasteiger partial charge on any atom is -0.338 e. The Hall–Kier alpha value is -2.15. The lowest BCUT2D eigenvalue weighted by molar-refractivity contribution is -0.350. The van der Waals surface area contributed by atoms with Gasteiger partial charge in [-0.25, -0.2) is 4.39 Å². The van der Waals surface area contributed by atoms with E-state index in [9.17, 15) is 39.7 Å². The van der Waals surface area contributed by atoms with Gasteiger partial charge in [-0.2, -0.15) is 26.3 Å². The Kier molecular flexibility index (Phi) is 7.31. The van der Waals surface area contributed by atoms with Crippen molar-refractivity contribution in [3.63, 3.8) is 0 Å². The molecular weight excluding hydrogens is 569 g/mol. The first-order chi connectivity index (χ1) is 18.3. The minimum atomic E-state index is -6.25. The number of carbonyl (C=O) groups excluding carboxylic acids is 1. The zero-order valence-corrected chi connectivity index (χ0v) is 22.2. The van der Waals surface area contributed by atoms with Crippen molar-refractivity contribution in [1.82, 2.24) is 9.88 Å². The van der Waals surface area contributed by atoms with Crippen LogP contribution in [0.15, 0.2) is 47.4 Å². The lowest BCUT2D eigenvalue weighted by atomic mass is 9.80. The molecule has 2 aliphatic heterocycles. The third kappa shape index (κ3) is 4.76. The van der Waals surface area contributed by atoms with Crippen LogP contribution in [0.2, 0.25) is 0 Å². The number of benzene rings is 1. The fourth-order valence-corrected chi connectivity index (χ4v) is 8.85. The molecule has 1 aliphatic carbocycles. The number of nitrogens with zero attached hydrogens (tertiary/aromatic N) is 2. The Balaban J connectivity index is 1.56.